The summed E-state index contributed by atoms with van der Waals surface area (Å²) in [4.78, 5) is 10.3. The molecule has 0 bridgehead atoms. The van der Waals surface area contributed by atoms with Gasteiger partial charge < -0.3 is 25.6 Å². The molecule has 4 N–H and O–H groups in total. The third-order valence-electron chi connectivity index (χ3n) is 3.39. The number of hydrogen-bond acceptors (Lipinski definition) is 5. The molecule has 6 heteroatoms. The lowest BCUT2D eigenvalue weighted by Gasteiger charge is -2.27. The van der Waals surface area contributed by atoms with Crippen LogP contribution in [0.25, 0.3) is 0 Å². The first-order valence-corrected chi connectivity index (χ1v) is 7.00. The van der Waals surface area contributed by atoms with Crippen LogP contribution in [-0.4, -0.2) is 49.7 Å². The minimum absolute atomic E-state index is 0.212. The SMILES string of the molecule is CC1CCC(OCC(O)CNCCOC(N)=O)CC1. The first-order valence-electron chi connectivity index (χ1n) is 7.00. The molecule has 1 rings (SSSR count). The molecule has 0 aromatic carbocycles. The monoisotopic (exact) mass is 274 g/mol. The second-order valence-electron chi connectivity index (χ2n) is 5.24. The van der Waals surface area contributed by atoms with Gasteiger partial charge >= 0.3 is 6.09 Å². The van der Waals surface area contributed by atoms with E-state index in [1.807, 2.05) is 0 Å². The van der Waals surface area contributed by atoms with E-state index in [9.17, 15) is 9.90 Å². The number of aliphatic hydroxyl groups is 1. The van der Waals surface area contributed by atoms with E-state index in [2.05, 4.69) is 17.0 Å². The van der Waals surface area contributed by atoms with Crippen LogP contribution in [0, 0.1) is 5.92 Å². The van der Waals surface area contributed by atoms with Crippen LogP contribution in [0.4, 0.5) is 4.79 Å². The van der Waals surface area contributed by atoms with Gasteiger partial charge in [-0.05, 0) is 31.6 Å². The van der Waals surface area contributed by atoms with Crippen molar-refractivity contribution in [1.82, 2.24) is 5.32 Å². The second-order valence-corrected chi connectivity index (χ2v) is 5.24. The Morgan fingerprint density at radius 1 is 1.42 bits per heavy atom. The molecule has 0 heterocycles. The highest BCUT2D eigenvalue weighted by atomic mass is 16.5. The average Bonchev–Trinajstić information content (AvgIpc) is 2.37. The Kier molecular flexibility index (Phi) is 7.78. The van der Waals surface area contributed by atoms with E-state index >= 15 is 0 Å². The predicted molar refractivity (Wildman–Crippen MR) is 71.8 cm³/mol. The van der Waals surface area contributed by atoms with Crippen molar-refractivity contribution in [2.75, 3.05) is 26.3 Å². The predicted octanol–water partition coefficient (Wildman–Crippen LogP) is 0.628. The van der Waals surface area contributed by atoms with Crippen molar-refractivity contribution < 1.29 is 19.4 Å². The van der Waals surface area contributed by atoms with E-state index in [-0.39, 0.29) is 6.61 Å². The normalized spacial score (nSPS) is 24.9. The zero-order valence-electron chi connectivity index (χ0n) is 11.6. The molecular formula is C13H26N2O4. The van der Waals surface area contributed by atoms with Crippen LogP contribution in [0.1, 0.15) is 32.6 Å². The summed E-state index contributed by atoms with van der Waals surface area (Å²) in [6.45, 7) is 3.72. The van der Waals surface area contributed by atoms with Crippen molar-refractivity contribution >= 4 is 6.09 Å². The number of carbonyl (C=O) groups is 1. The Morgan fingerprint density at radius 2 is 2.11 bits per heavy atom. The highest BCUT2D eigenvalue weighted by Crippen LogP contribution is 2.25. The van der Waals surface area contributed by atoms with Crippen LogP contribution in [0.15, 0.2) is 0 Å². The van der Waals surface area contributed by atoms with Crippen LogP contribution in [0.2, 0.25) is 0 Å². The first-order chi connectivity index (χ1) is 9.08. The van der Waals surface area contributed by atoms with Crippen molar-refractivity contribution in [3.63, 3.8) is 0 Å². The summed E-state index contributed by atoms with van der Waals surface area (Å²) < 4.78 is 10.2. The fourth-order valence-corrected chi connectivity index (χ4v) is 2.19. The minimum Gasteiger partial charge on any atom is -0.448 e. The zero-order chi connectivity index (χ0) is 14.1. The second kappa shape index (κ2) is 9.12. The van der Waals surface area contributed by atoms with Gasteiger partial charge in [-0.3, -0.25) is 0 Å². The van der Waals surface area contributed by atoms with Gasteiger partial charge in [-0.1, -0.05) is 6.92 Å². The number of amides is 1. The number of aliphatic hydroxyl groups excluding tert-OH is 1. The highest BCUT2D eigenvalue weighted by molar-refractivity contribution is 5.64. The van der Waals surface area contributed by atoms with Crippen LogP contribution < -0.4 is 11.1 Å². The van der Waals surface area contributed by atoms with Crippen molar-refractivity contribution in [3.8, 4) is 0 Å². The molecule has 112 valence electrons. The average molecular weight is 274 g/mol. The Bertz CT molecular complexity index is 255. The summed E-state index contributed by atoms with van der Waals surface area (Å²) in [5, 5.41) is 12.7. The summed E-state index contributed by atoms with van der Waals surface area (Å²) >= 11 is 0. The lowest BCUT2D eigenvalue weighted by atomic mass is 9.89. The maximum absolute atomic E-state index is 10.3. The molecule has 0 aliphatic heterocycles. The number of hydrogen-bond donors (Lipinski definition) is 3. The van der Waals surface area contributed by atoms with Crippen molar-refractivity contribution in [1.29, 1.82) is 0 Å². The Balaban J connectivity index is 1.95. The molecule has 0 saturated heterocycles. The van der Waals surface area contributed by atoms with Crippen LogP contribution in [0.5, 0.6) is 0 Å². The van der Waals surface area contributed by atoms with E-state index in [1.54, 1.807) is 0 Å². The van der Waals surface area contributed by atoms with E-state index in [0.717, 1.165) is 18.8 Å². The molecule has 0 radical (unpaired) electrons. The molecule has 1 aliphatic rings. The van der Waals surface area contributed by atoms with Gasteiger partial charge in [0.05, 0.1) is 18.8 Å². The molecule has 1 aliphatic carbocycles. The molecule has 1 unspecified atom stereocenters. The van der Waals surface area contributed by atoms with Crippen molar-refractivity contribution in [2.24, 2.45) is 11.7 Å². The van der Waals surface area contributed by atoms with E-state index in [4.69, 9.17) is 10.5 Å². The van der Waals surface area contributed by atoms with Crippen LogP contribution in [0.3, 0.4) is 0 Å². The summed E-state index contributed by atoms with van der Waals surface area (Å²) in [6.07, 6.45) is 3.59. The largest absolute Gasteiger partial charge is 0.448 e. The number of ether oxygens (including phenoxy) is 2. The standard InChI is InChI=1S/C13H26N2O4/c1-10-2-4-12(5-3-10)19-9-11(16)8-15-6-7-18-13(14)17/h10-12,15-16H,2-9H2,1H3,(H2,14,17). The molecule has 0 aromatic heterocycles. The summed E-state index contributed by atoms with van der Waals surface area (Å²) in [5.41, 5.74) is 4.82. The fourth-order valence-electron chi connectivity index (χ4n) is 2.19. The number of nitrogens with two attached hydrogens (primary N) is 1. The fraction of sp³-hybridized carbons (Fsp3) is 0.923. The topological polar surface area (TPSA) is 93.8 Å². The first kappa shape index (κ1) is 16.2. The maximum atomic E-state index is 10.3. The van der Waals surface area contributed by atoms with Gasteiger partial charge in [0, 0.05) is 13.1 Å². The van der Waals surface area contributed by atoms with Gasteiger partial charge in [-0.25, -0.2) is 4.79 Å². The summed E-state index contributed by atoms with van der Waals surface area (Å²) in [7, 11) is 0. The van der Waals surface area contributed by atoms with Gasteiger partial charge in [-0.15, -0.1) is 0 Å². The third kappa shape index (κ3) is 8.02. The Morgan fingerprint density at radius 3 is 2.74 bits per heavy atom. The van der Waals surface area contributed by atoms with E-state index in [1.165, 1.54) is 12.8 Å². The molecule has 19 heavy (non-hydrogen) atoms. The van der Waals surface area contributed by atoms with E-state index in [0.29, 0.717) is 25.8 Å². The van der Waals surface area contributed by atoms with Gasteiger partial charge in [0.2, 0.25) is 0 Å². The molecule has 0 aromatic rings. The van der Waals surface area contributed by atoms with Crippen molar-refractivity contribution in [3.05, 3.63) is 0 Å². The lowest BCUT2D eigenvalue weighted by molar-refractivity contribution is -0.0279. The van der Waals surface area contributed by atoms with Gasteiger partial charge in [0.15, 0.2) is 0 Å². The van der Waals surface area contributed by atoms with Gasteiger partial charge in [-0.2, -0.15) is 0 Å². The van der Waals surface area contributed by atoms with Crippen LogP contribution in [-0.2, 0) is 9.47 Å². The molecule has 1 atom stereocenters. The molecular weight excluding hydrogens is 248 g/mol. The number of primary amides is 1. The highest BCUT2D eigenvalue weighted by Gasteiger charge is 2.19. The molecule has 0 spiro atoms. The maximum Gasteiger partial charge on any atom is 0.404 e. The summed E-state index contributed by atoms with van der Waals surface area (Å²) in [5.74, 6) is 0.802. The molecule has 1 amide bonds. The van der Waals surface area contributed by atoms with Gasteiger partial charge in [0.25, 0.3) is 0 Å². The number of carbonyl (C=O) groups excluding carboxylic acids is 1. The number of nitrogens with one attached hydrogen (secondary N) is 1. The van der Waals surface area contributed by atoms with E-state index < -0.39 is 12.2 Å². The third-order valence-corrected chi connectivity index (χ3v) is 3.39. The number of rotatable bonds is 8. The molecule has 6 nitrogen and oxygen atoms in total. The van der Waals surface area contributed by atoms with Crippen molar-refractivity contribution in [2.45, 2.75) is 44.8 Å². The Hall–Kier alpha value is -0.850. The van der Waals surface area contributed by atoms with Crippen LogP contribution >= 0.6 is 0 Å². The quantitative estimate of drug-likeness (QED) is 0.564. The molecule has 1 saturated carbocycles. The summed E-state index contributed by atoms with van der Waals surface area (Å²) in [6, 6.07) is 0. The molecule has 1 fully saturated rings. The lowest BCUT2D eigenvalue weighted by Crippen LogP contribution is -2.34. The van der Waals surface area contributed by atoms with Gasteiger partial charge in [0.1, 0.15) is 6.61 Å². The Labute approximate surface area is 114 Å². The smallest absolute Gasteiger partial charge is 0.404 e. The minimum atomic E-state index is -0.780. The zero-order valence-corrected chi connectivity index (χ0v) is 11.6.